The summed E-state index contributed by atoms with van der Waals surface area (Å²) in [7, 11) is 2.10. The molecule has 1 aromatic carbocycles. The van der Waals surface area contributed by atoms with E-state index in [1.54, 1.807) is 0 Å². The van der Waals surface area contributed by atoms with Crippen LogP contribution in [0, 0.1) is 0 Å². The molecule has 0 radical (unpaired) electrons. The normalized spacial score (nSPS) is 15.1. The second-order valence-corrected chi connectivity index (χ2v) is 6.20. The Labute approximate surface area is 146 Å². The molecule has 2 rings (SSSR count). The van der Waals surface area contributed by atoms with Gasteiger partial charge in [-0.25, -0.2) is 0 Å². The van der Waals surface area contributed by atoms with Crippen LogP contribution >= 0.6 is 0 Å². The van der Waals surface area contributed by atoms with E-state index in [2.05, 4.69) is 61.5 Å². The van der Waals surface area contributed by atoms with Gasteiger partial charge in [0.2, 0.25) is 0 Å². The highest BCUT2D eigenvalue weighted by Gasteiger charge is 2.07. The lowest BCUT2D eigenvalue weighted by molar-refractivity contribution is 0.153. The first-order valence-electron chi connectivity index (χ1n) is 9.05. The Balaban J connectivity index is 1.91. The summed E-state index contributed by atoms with van der Waals surface area (Å²) < 4.78 is 5.35. The number of nitrogens with zero attached hydrogens (tertiary/aromatic N) is 2. The van der Waals surface area contributed by atoms with Gasteiger partial charge in [-0.2, -0.15) is 0 Å². The third kappa shape index (κ3) is 6.00. The Morgan fingerprint density at radius 2 is 1.96 bits per heavy atom. The number of benzene rings is 1. The predicted molar refractivity (Wildman–Crippen MR) is 101 cm³/mol. The molecule has 0 aliphatic carbocycles. The van der Waals surface area contributed by atoms with E-state index in [4.69, 9.17) is 9.73 Å². The van der Waals surface area contributed by atoms with Crippen LogP contribution in [0.5, 0.6) is 0 Å². The van der Waals surface area contributed by atoms with Crippen molar-refractivity contribution in [2.45, 2.75) is 39.7 Å². The number of rotatable bonds is 7. The minimum absolute atomic E-state index is 0.757. The quantitative estimate of drug-likeness (QED) is 0.473. The highest BCUT2D eigenvalue weighted by molar-refractivity contribution is 5.79. The van der Waals surface area contributed by atoms with Crippen LogP contribution in [0.25, 0.3) is 0 Å². The zero-order valence-corrected chi connectivity index (χ0v) is 15.3. The van der Waals surface area contributed by atoms with Gasteiger partial charge in [-0.3, -0.25) is 4.99 Å². The van der Waals surface area contributed by atoms with Gasteiger partial charge in [0.05, 0.1) is 13.2 Å². The van der Waals surface area contributed by atoms with Crippen molar-refractivity contribution in [1.82, 2.24) is 10.2 Å². The van der Waals surface area contributed by atoms with E-state index in [0.29, 0.717) is 0 Å². The number of hydrogen-bond donors (Lipinski definition) is 1. The van der Waals surface area contributed by atoms with E-state index in [0.717, 1.165) is 58.1 Å². The summed E-state index contributed by atoms with van der Waals surface area (Å²) in [4.78, 5) is 6.98. The van der Waals surface area contributed by atoms with Crippen LogP contribution in [0.15, 0.2) is 40.9 Å². The lowest BCUT2D eigenvalue weighted by Gasteiger charge is -2.22. The molecule has 24 heavy (non-hydrogen) atoms. The van der Waals surface area contributed by atoms with Crippen LogP contribution in [0.3, 0.4) is 0 Å². The molecule has 0 bridgehead atoms. The van der Waals surface area contributed by atoms with Gasteiger partial charge in [0, 0.05) is 26.7 Å². The first-order chi connectivity index (χ1) is 11.7. The summed E-state index contributed by atoms with van der Waals surface area (Å²) in [5.41, 5.74) is 4.16. The molecule has 1 aliphatic rings. The van der Waals surface area contributed by atoms with Gasteiger partial charge in [-0.15, -0.1) is 0 Å². The third-order valence-electron chi connectivity index (χ3n) is 4.30. The van der Waals surface area contributed by atoms with Crippen molar-refractivity contribution in [1.29, 1.82) is 0 Å². The lowest BCUT2D eigenvalue weighted by atomic mass is 10.1. The molecule has 4 heteroatoms. The Bertz CT molecular complexity index is 549. The van der Waals surface area contributed by atoms with Crippen molar-refractivity contribution in [2.75, 3.05) is 33.4 Å². The lowest BCUT2D eigenvalue weighted by Crippen LogP contribution is -2.38. The van der Waals surface area contributed by atoms with Crippen molar-refractivity contribution < 1.29 is 4.74 Å². The molecule has 0 saturated carbocycles. The van der Waals surface area contributed by atoms with Crippen molar-refractivity contribution in [2.24, 2.45) is 4.99 Å². The van der Waals surface area contributed by atoms with E-state index in [9.17, 15) is 0 Å². The maximum atomic E-state index is 5.35. The van der Waals surface area contributed by atoms with E-state index in [1.807, 2.05) is 0 Å². The fourth-order valence-electron chi connectivity index (χ4n) is 2.80. The highest BCUT2D eigenvalue weighted by Crippen LogP contribution is 2.12. The number of aliphatic imine (C=N–C) groups is 1. The highest BCUT2D eigenvalue weighted by atomic mass is 16.5. The standard InChI is InChI=1S/C20H31N3O/c1-4-17-6-8-19(9-7-17)16-23(3)20(21-5-2)22-13-10-18-11-14-24-15-12-18/h6-9,11H,4-5,10,12-16H2,1-3H3,(H,21,22). The van der Waals surface area contributed by atoms with E-state index < -0.39 is 0 Å². The van der Waals surface area contributed by atoms with E-state index >= 15 is 0 Å². The summed E-state index contributed by atoms with van der Waals surface area (Å²) in [6.45, 7) is 8.48. The van der Waals surface area contributed by atoms with Gasteiger partial charge in [-0.1, -0.05) is 42.8 Å². The minimum Gasteiger partial charge on any atom is -0.377 e. The monoisotopic (exact) mass is 329 g/mol. The molecule has 1 heterocycles. The molecule has 0 atom stereocenters. The summed E-state index contributed by atoms with van der Waals surface area (Å²) >= 11 is 0. The fourth-order valence-corrected chi connectivity index (χ4v) is 2.80. The Kier molecular flexibility index (Phi) is 7.83. The van der Waals surface area contributed by atoms with Gasteiger partial charge in [0.1, 0.15) is 0 Å². The number of ether oxygens (including phenoxy) is 1. The third-order valence-corrected chi connectivity index (χ3v) is 4.30. The van der Waals surface area contributed by atoms with Crippen LogP contribution in [-0.2, 0) is 17.7 Å². The smallest absolute Gasteiger partial charge is 0.193 e. The van der Waals surface area contributed by atoms with Crippen LogP contribution < -0.4 is 5.32 Å². The summed E-state index contributed by atoms with van der Waals surface area (Å²) in [5, 5.41) is 3.39. The van der Waals surface area contributed by atoms with Crippen molar-refractivity contribution in [3.8, 4) is 0 Å². The van der Waals surface area contributed by atoms with Crippen molar-refractivity contribution in [3.63, 3.8) is 0 Å². The molecule has 1 aliphatic heterocycles. The molecule has 0 fully saturated rings. The molecule has 0 amide bonds. The van der Waals surface area contributed by atoms with Gasteiger partial charge >= 0.3 is 0 Å². The van der Waals surface area contributed by atoms with Crippen LogP contribution in [0.4, 0.5) is 0 Å². The second-order valence-electron chi connectivity index (χ2n) is 6.20. The average molecular weight is 329 g/mol. The maximum absolute atomic E-state index is 5.35. The molecule has 1 N–H and O–H groups in total. The largest absolute Gasteiger partial charge is 0.377 e. The molecular formula is C20H31N3O. The zero-order chi connectivity index (χ0) is 17.2. The molecule has 1 aromatic rings. The first kappa shape index (κ1) is 18.5. The van der Waals surface area contributed by atoms with Gasteiger partial charge in [-0.05, 0) is 37.3 Å². The second kappa shape index (κ2) is 10.1. The average Bonchev–Trinajstić information content (AvgIpc) is 2.62. The topological polar surface area (TPSA) is 36.9 Å². The molecule has 0 spiro atoms. The number of guanidine groups is 1. The number of nitrogens with one attached hydrogen (secondary N) is 1. The van der Waals surface area contributed by atoms with Crippen molar-refractivity contribution in [3.05, 3.63) is 47.0 Å². The molecule has 0 unspecified atom stereocenters. The number of aryl methyl sites for hydroxylation is 1. The predicted octanol–water partition coefficient (Wildman–Crippen LogP) is 3.38. The van der Waals surface area contributed by atoms with Crippen molar-refractivity contribution >= 4 is 5.96 Å². The van der Waals surface area contributed by atoms with Crippen LogP contribution in [0.2, 0.25) is 0 Å². The van der Waals surface area contributed by atoms with Gasteiger partial charge in [0.25, 0.3) is 0 Å². The van der Waals surface area contributed by atoms with Crippen LogP contribution in [-0.4, -0.2) is 44.2 Å². The fraction of sp³-hybridized carbons (Fsp3) is 0.550. The molecule has 4 nitrogen and oxygen atoms in total. The zero-order valence-electron chi connectivity index (χ0n) is 15.3. The van der Waals surface area contributed by atoms with Gasteiger partial charge < -0.3 is 15.0 Å². The summed E-state index contributed by atoms with van der Waals surface area (Å²) in [6, 6.07) is 8.85. The molecule has 132 valence electrons. The first-order valence-corrected chi connectivity index (χ1v) is 9.05. The SMILES string of the molecule is CCNC(=NCCC1=CCOCC1)N(C)Cc1ccc(CC)cc1. The van der Waals surface area contributed by atoms with Crippen LogP contribution in [0.1, 0.15) is 37.8 Å². The molecular weight excluding hydrogens is 298 g/mol. The Hall–Kier alpha value is -1.81. The Morgan fingerprint density at radius 3 is 2.58 bits per heavy atom. The van der Waals surface area contributed by atoms with E-state index in [1.165, 1.54) is 16.7 Å². The molecule has 0 aromatic heterocycles. The summed E-state index contributed by atoms with van der Waals surface area (Å²) in [5.74, 6) is 0.977. The minimum atomic E-state index is 0.757. The summed E-state index contributed by atoms with van der Waals surface area (Å²) in [6.07, 6.45) is 5.36. The molecule has 0 saturated heterocycles. The Morgan fingerprint density at radius 1 is 1.21 bits per heavy atom. The van der Waals surface area contributed by atoms with E-state index in [-0.39, 0.29) is 0 Å². The maximum Gasteiger partial charge on any atom is 0.193 e. The van der Waals surface area contributed by atoms with Gasteiger partial charge in [0.15, 0.2) is 5.96 Å². The number of hydrogen-bond acceptors (Lipinski definition) is 2.